The summed E-state index contributed by atoms with van der Waals surface area (Å²) in [6, 6.07) is 2.43. The molecule has 4 saturated carbocycles. The van der Waals surface area contributed by atoms with Gasteiger partial charge in [-0.2, -0.15) is 5.26 Å². The first-order chi connectivity index (χ1) is 8.19. The fraction of sp³-hybridized carbons (Fsp3) is 0.857. The largest absolute Gasteiger partial charge is 0.466 e. The smallest absolute Gasteiger partial charge is 0.313 e. The van der Waals surface area contributed by atoms with E-state index in [1.54, 1.807) is 0 Å². The van der Waals surface area contributed by atoms with Crippen LogP contribution in [0.5, 0.6) is 0 Å². The number of ether oxygens (including phenoxy) is 1. The Balaban J connectivity index is 1.95. The van der Waals surface area contributed by atoms with Crippen molar-refractivity contribution in [2.45, 2.75) is 39.0 Å². The number of hydrogen-bond donors (Lipinski definition) is 0. The molecule has 0 amide bonds. The van der Waals surface area contributed by atoms with Crippen LogP contribution in [0.2, 0.25) is 0 Å². The van der Waals surface area contributed by atoms with E-state index in [-0.39, 0.29) is 11.9 Å². The Morgan fingerprint density at radius 3 is 2.53 bits per heavy atom. The maximum absolute atomic E-state index is 12.3. The van der Waals surface area contributed by atoms with Crippen molar-refractivity contribution in [1.29, 1.82) is 5.26 Å². The molecule has 92 valence electrons. The molecule has 0 heterocycles. The van der Waals surface area contributed by atoms with Gasteiger partial charge in [0.1, 0.15) is 0 Å². The predicted molar refractivity (Wildman–Crippen MR) is 61.7 cm³/mol. The van der Waals surface area contributed by atoms with Crippen LogP contribution in [0.1, 0.15) is 39.0 Å². The first-order valence-corrected chi connectivity index (χ1v) is 6.76. The summed E-state index contributed by atoms with van der Waals surface area (Å²) in [7, 11) is 0. The minimum Gasteiger partial charge on any atom is -0.466 e. The molecule has 0 aromatic carbocycles. The Kier molecular flexibility index (Phi) is 2.43. The van der Waals surface area contributed by atoms with Crippen LogP contribution < -0.4 is 0 Å². The van der Waals surface area contributed by atoms with Crippen molar-refractivity contribution in [2.24, 2.45) is 29.1 Å². The van der Waals surface area contributed by atoms with Crippen LogP contribution in [0.3, 0.4) is 0 Å². The van der Waals surface area contributed by atoms with Crippen molar-refractivity contribution in [3.63, 3.8) is 0 Å². The van der Waals surface area contributed by atoms with E-state index in [1.165, 1.54) is 6.42 Å². The van der Waals surface area contributed by atoms with Crippen molar-refractivity contribution < 1.29 is 9.53 Å². The summed E-state index contributed by atoms with van der Waals surface area (Å²) in [5.41, 5.74) is -0.445. The standard InChI is InChI=1S/C14H19NO2/c1-2-17-13(16)14-6-9-3-10(7-14)5-11(4-9)12(14)8-15/h9-12H,2-7H2,1H3. The van der Waals surface area contributed by atoms with Crippen molar-refractivity contribution in [3.05, 3.63) is 0 Å². The van der Waals surface area contributed by atoms with Gasteiger partial charge in [0, 0.05) is 0 Å². The maximum atomic E-state index is 12.3. The summed E-state index contributed by atoms with van der Waals surface area (Å²) < 4.78 is 5.27. The average Bonchev–Trinajstić information content (AvgIpc) is 2.28. The number of carbonyl (C=O) groups excluding carboxylic acids is 1. The van der Waals surface area contributed by atoms with Gasteiger partial charge >= 0.3 is 5.97 Å². The molecule has 0 spiro atoms. The molecule has 0 saturated heterocycles. The summed E-state index contributed by atoms with van der Waals surface area (Å²) in [6.07, 6.45) is 5.40. The summed E-state index contributed by atoms with van der Waals surface area (Å²) >= 11 is 0. The van der Waals surface area contributed by atoms with Gasteiger partial charge in [-0.1, -0.05) is 0 Å². The van der Waals surface area contributed by atoms with E-state index in [0.29, 0.717) is 24.4 Å². The zero-order valence-corrected chi connectivity index (χ0v) is 10.3. The molecular formula is C14H19NO2. The van der Waals surface area contributed by atoms with Gasteiger partial charge in [-0.15, -0.1) is 0 Å². The lowest BCUT2D eigenvalue weighted by Gasteiger charge is -2.57. The first-order valence-electron chi connectivity index (χ1n) is 6.76. The molecule has 0 aromatic heterocycles. The summed E-state index contributed by atoms with van der Waals surface area (Å²) in [5.74, 6) is 1.61. The molecule has 4 bridgehead atoms. The van der Waals surface area contributed by atoms with Crippen molar-refractivity contribution >= 4 is 5.97 Å². The van der Waals surface area contributed by atoms with E-state index in [0.717, 1.165) is 25.7 Å². The van der Waals surface area contributed by atoms with E-state index in [2.05, 4.69) is 6.07 Å². The van der Waals surface area contributed by atoms with Gasteiger partial charge in [0.15, 0.2) is 0 Å². The lowest BCUT2D eigenvalue weighted by molar-refractivity contribution is -0.178. The van der Waals surface area contributed by atoms with Crippen LogP contribution in [0.25, 0.3) is 0 Å². The number of rotatable bonds is 2. The third-order valence-corrected chi connectivity index (χ3v) is 5.13. The highest BCUT2D eigenvalue weighted by Crippen LogP contribution is 2.63. The second kappa shape index (κ2) is 3.73. The lowest BCUT2D eigenvalue weighted by Crippen LogP contribution is -2.56. The molecule has 0 radical (unpaired) electrons. The Bertz CT molecular complexity index is 370. The third kappa shape index (κ3) is 1.43. The zero-order valence-electron chi connectivity index (χ0n) is 10.3. The predicted octanol–water partition coefficient (Wildman–Crippen LogP) is 2.52. The molecule has 4 rings (SSSR count). The molecule has 3 unspecified atom stereocenters. The molecule has 0 N–H and O–H groups in total. The van der Waals surface area contributed by atoms with Gasteiger partial charge in [0.25, 0.3) is 0 Å². The minimum atomic E-state index is -0.445. The quantitative estimate of drug-likeness (QED) is 0.688. The minimum absolute atomic E-state index is 0.0886. The Morgan fingerprint density at radius 1 is 1.35 bits per heavy atom. The topological polar surface area (TPSA) is 50.1 Å². The number of nitrogens with zero attached hydrogens (tertiary/aromatic N) is 1. The van der Waals surface area contributed by atoms with Crippen LogP contribution in [-0.4, -0.2) is 12.6 Å². The molecule has 4 fully saturated rings. The second-order valence-corrected chi connectivity index (χ2v) is 6.09. The van der Waals surface area contributed by atoms with Crippen LogP contribution in [0.4, 0.5) is 0 Å². The normalized spacial score (nSPS) is 46.6. The molecule has 0 aromatic rings. The highest BCUT2D eigenvalue weighted by atomic mass is 16.5. The molecule has 3 atom stereocenters. The summed E-state index contributed by atoms with van der Waals surface area (Å²) in [6.45, 7) is 2.28. The fourth-order valence-corrected chi connectivity index (χ4v) is 4.84. The molecular weight excluding hydrogens is 214 g/mol. The number of esters is 1. The van der Waals surface area contributed by atoms with Crippen molar-refractivity contribution in [3.8, 4) is 6.07 Å². The van der Waals surface area contributed by atoms with E-state index in [4.69, 9.17) is 4.74 Å². The van der Waals surface area contributed by atoms with Crippen molar-refractivity contribution in [1.82, 2.24) is 0 Å². The molecule has 3 heteroatoms. The van der Waals surface area contributed by atoms with Gasteiger partial charge < -0.3 is 4.74 Å². The average molecular weight is 233 g/mol. The van der Waals surface area contributed by atoms with E-state index < -0.39 is 5.41 Å². The van der Waals surface area contributed by atoms with E-state index >= 15 is 0 Å². The van der Waals surface area contributed by atoms with Gasteiger partial charge in [-0.3, -0.25) is 4.79 Å². The molecule has 3 nitrogen and oxygen atoms in total. The van der Waals surface area contributed by atoms with Crippen LogP contribution in [0.15, 0.2) is 0 Å². The highest BCUT2D eigenvalue weighted by Gasteiger charge is 2.61. The number of carbonyl (C=O) groups is 1. The Hall–Kier alpha value is -1.04. The first kappa shape index (κ1) is 11.1. The number of nitriles is 1. The number of hydrogen-bond acceptors (Lipinski definition) is 3. The van der Waals surface area contributed by atoms with Gasteiger partial charge in [-0.25, -0.2) is 0 Å². The molecule has 17 heavy (non-hydrogen) atoms. The van der Waals surface area contributed by atoms with Crippen LogP contribution in [-0.2, 0) is 9.53 Å². The Morgan fingerprint density at radius 2 is 2.00 bits per heavy atom. The lowest BCUT2D eigenvalue weighted by atomic mass is 9.45. The van der Waals surface area contributed by atoms with Gasteiger partial charge in [-0.05, 0) is 56.8 Å². The van der Waals surface area contributed by atoms with E-state index in [1.807, 2.05) is 6.92 Å². The van der Waals surface area contributed by atoms with Gasteiger partial charge in [0.05, 0.1) is 24.0 Å². The molecule has 0 aliphatic heterocycles. The second-order valence-electron chi connectivity index (χ2n) is 6.09. The van der Waals surface area contributed by atoms with Gasteiger partial charge in [0.2, 0.25) is 0 Å². The highest BCUT2D eigenvalue weighted by molar-refractivity contribution is 5.78. The van der Waals surface area contributed by atoms with Crippen LogP contribution in [0, 0.1) is 40.4 Å². The van der Waals surface area contributed by atoms with Crippen LogP contribution >= 0.6 is 0 Å². The summed E-state index contributed by atoms with van der Waals surface area (Å²) in [5, 5.41) is 9.42. The maximum Gasteiger partial charge on any atom is 0.313 e. The summed E-state index contributed by atoms with van der Waals surface area (Å²) in [4.78, 5) is 12.3. The SMILES string of the molecule is CCOC(=O)C12CC3CC(CC(C3)C1C#N)C2. The Labute approximate surface area is 102 Å². The zero-order chi connectivity index (χ0) is 12.0. The van der Waals surface area contributed by atoms with Crippen molar-refractivity contribution in [2.75, 3.05) is 6.61 Å². The molecule has 4 aliphatic carbocycles. The monoisotopic (exact) mass is 233 g/mol. The molecule has 4 aliphatic rings. The fourth-order valence-electron chi connectivity index (χ4n) is 4.84. The third-order valence-electron chi connectivity index (χ3n) is 5.13. The van der Waals surface area contributed by atoms with E-state index in [9.17, 15) is 10.1 Å².